The standard InChI is InChI=1S/C7H15N3O3S/c1-5(11)7(8)9-6-2-3-10(4-6)14(12)13/h5-6,11H,2-4H2,1H3,(H2,8,9)(H,12,13)/p-1/t5-,6+/m1/s1. The van der Waals surface area contributed by atoms with Gasteiger partial charge in [0.05, 0.1) is 6.04 Å². The van der Waals surface area contributed by atoms with Gasteiger partial charge in [0.2, 0.25) is 0 Å². The molecule has 1 aliphatic heterocycles. The van der Waals surface area contributed by atoms with Gasteiger partial charge in [-0.05, 0) is 13.3 Å². The van der Waals surface area contributed by atoms with Crippen molar-refractivity contribution in [1.29, 1.82) is 0 Å². The molecule has 0 bridgehead atoms. The quantitative estimate of drug-likeness (QED) is 0.346. The van der Waals surface area contributed by atoms with E-state index in [9.17, 15) is 8.76 Å². The first-order chi connectivity index (χ1) is 6.50. The highest BCUT2D eigenvalue weighted by molar-refractivity contribution is 7.76. The molecule has 6 nitrogen and oxygen atoms in total. The first kappa shape index (κ1) is 11.6. The van der Waals surface area contributed by atoms with E-state index in [0.717, 1.165) is 0 Å². The van der Waals surface area contributed by atoms with Crippen molar-refractivity contribution in [3.05, 3.63) is 0 Å². The van der Waals surface area contributed by atoms with E-state index in [2.05, 4.69) is 4.99 Å². The van der Waals surface area contributed by atoms with Crippen LogP contribution in [-0.2, 0) is 11.3 Å². The molecule has 0 aromatic heterocycles. The Labute approximate surface area is 85.2 Å². The minimum atomic E-state index is -2.18. The van der Waals surface area contributed by atoms with Crippen LogP contribution in [0.3, 0.4) is 0 Å². The predicted octanol–water partition coefficient (Wildman–Crippen LogP) is -1.41. The number of hydrogen-bond acceptors (Lipinski definition) is 4. The van der Waals surface area contributed by atoms with Crippen LogP contribution < -0.4 is 5.73 Å². The van der Waals surface area contributed by atoms with Crippen molar-refractivity contribution in [2.45, 2.75) is 25.5 Å². The number of aliphatic hydroxyl groups excluding tert-OH is 1. The molecule has 14 heavy (non-hydrogen) atoms. The van der Waals surface area contributed by atoms with Gasteiger partial charge in [-0.3, -0.25) is 9.20 Å². The van der Waals surface area contributed by atoms with Crippen LogP contribution in [0.15, 0.2) is 4.99 Å². The lowest BCUT2D eigenvalue weighted by atomic mass is 10.2. The van der Waals surface area contributed by atoms with Gasteiger partial charge < -0.3 is 15.4 Å². The summed E-state index contributed by atoms with van der Waals surface area (Å²) in [5, 5.41) is 9.07. The zero-order chi connectivity index (χ0) is 10.7. The van der Waals surface area contributed by atoms with E-state index in [1.807, 2.05) is 0 Å². The summed E-state index contributed by atoms with van der Waals surface area (Å²) in [6.45, 7) is 2.35. The van der Waals surface area contributed by atoms with Gasteiger partial charge in [-0.2, -0.15) is 0 Å². The van der Waals surface area contributed by atoms with Crippen LogP contribution in [0.2, 0.25) is 0 Å². The Balaban J connectivity index is 2.51. The molecular weight excluding hydrogens is 206 g/mol. The molecule has 1 aliphatic rings. The minimum Gasteiger partial charge on any atom is -0.760 e. The van der Waals surface area contributed by atoms with Crippen LogP contribution >= 0.6 is 0 Å². The third-order valence-corrected chi connectivity index (χ3v) is 2.85. The van der Waals surface area contributed by atoms with E-state index in [4.69, 9.17) is 10.8 Å². The van der Waals surface area contributed by atoms with E-state index >= 15 is 0 Å². The molecule has 0 aromatic rings. The maximum atomic E-state index is 10.6. The normalized spacial score (nSPS) is 29.1. The summed E-state index contributed by atoms with van der Waals surface area (Å²) in [4.78, 5) is 4.04. The number of nitrogens with two attached hydrogens (primary N) is 1. The van der Waals surface area contributed by atoms with E-state index in [0.29, 0.717) is 19.5 Å². The SMILES string of the molecule is C[C@@H](O)C(N)=N[C@H]1CCN(S(=O)[O-])C1. The number of aliphatic imine (C=N–C) groups is 1. The fourth-order valence-electron chi connectivity index (χ4n) is 1.27. The molecule has 82 valence electrons. The molecule has 1 fully saturated rings. The van der Waals surface area contributed by atoms with Crippen LogP contribution in [-0.4, -0.2) is 49.2 Å². The van der Waals surface area contributed by atoms with E-state index in [-0.39, 0.29) is 11.9 Å². The summed E-state index contributed by atoms with van der Waals surface area (Å²) < 4.78 is 22.4. The van der Waals surface area contributed by atoms with Crippen LogP contribution in [0, 0.1) is 0 Å². The van der Waals surface area contributed by atoms with Gasteiger partial charge in [0.25, 0.3) is 0 Å². The third-order valence-electron chi connectivity index (χ3n) is 2.10. The van der Waals surface area contributed by atoms with Gasteiger partial charge in [0.1, 0.15) is 11.9 Å². The van der Waals surface area contributed by atoms with Crippen LogP contribution in [0.4, 0.5) is 0 Å². The number of amidine groups is 1. The molecule has 1 saturated heterocycles. The fourth-order valence-corrected chi connectivity index (χ4v) is 1.82. The van der Waals surface area contributed by atoms with Crippen LogP contribution in [0.5, 0.6) is 0 Å². The summed E-state index contributed by atoms with van der Waals surface area (Å²) in [6.07, 6.45) is -0.122. The molecule has 1 unspecified atom stereocenters. The first-order valence-corrected chi connectivity index (χ1v) is 5.39. The molecule has 0 aliphatic carbocycles. The third kappa shape index (κ3) is 3.02. The zero-order valence-electron chi connectivity index (χ0n) is 7.92. The average Bonchev–Trinajstić information content (AvgIpc) is 2.52. The predicted molar refractivity (Wildman–Crippen MR) is 52.2 cm³/mol. The molecule has 1 rings (SSSR count). The van der Waals surface area contributed by atoms with Crippen molar-refractivity contribution in [3.8, 4) is 0 Å². The van der Waals surface area contributed by atoms with Gasteiger partial charge in [-0.1, -0.05) is 0 Å². The van der Waals surface area contributed by atoms with Crippen LogP contribution in [0.25, 0.3) is 0 Å². The van der Waals surface area contributed by atoms with Crippen molar-refractivity contribution in [3.63, 3.8) is 0 Å². The Kier molecular flexibility index (Phi) is 3.99. The Morgan fingerprint density at radius 2 is 2.50 bits per heavy atom. The molecule has 3 atom stereocenters. The zero-order valence-corrected chi connectivity index (χ0v) is 8.74. The summed E-state index contributed by atoms with van der Waals surface area (Å²) in [5.41, 5.74) is 5.45. The lowest BCUT2D eigenvalue weighted by Gasteiger charge is -2.17. The molecular formula is C7H14N3O3S-. The highest BCUT2D eigenvalue weighted by Gasteiger charge is 2.22. The Morgan fingerprint density at radius 1 is 1.86 bits per heavy atom. The number of aliphatic hydroxyl groups is 1. The second-order valence-electron chi connectivity index (χ2n) is 3.28. The van der Waals surface area contributed by atoms with Gasteiger partial charge in [-0.25, -0.2) is 4.31 Å². The molecule has 3 N–H and O–H groups in total. The molecule has 0 aromatic carbocycles. The summed E-state index contributed by atoms with van der Waals surface area (Å²) >= 11 is -2.18. The molecule has 7 heteroatoms. The van der Waals surface area contributed by atoms with Gasteiger partial charge in [-0.15, -0.1) is 0 Å². The van der Waals surface area contributed by atoms with Gasteiger partial charge in [0.15, 0.2) is 0 Å². The van der Waals surface area contributed by atoms with Crippen molar-refractivity contribution < 1.29 is 13.9 Å². The van der Waals surface area contributed by atoms with E-state index in [1.165, 1.54) is 11.2 Å². The number of nitrogens with zero attached hydrogens (tertiary/aromatic N) is 2. The van der Waals surface area contributed by atoms with Crippen molar-refractivity contribution in [1.82, 2.24) is 4.31 Å². The first-order valence-electron chi connectivity index (χ1n) is 4.36. The van der Waals surface area contributed by atoms with Gasteiger partial charge in [0, 0.05) is 24.4 Å². The topological polar surface area (TPSA) is 102 Å². The number of hydrogen-bond donors (Lipinski definition) is 2. The second-order valence-corrected chi connectivity index (χ2v) is 4.23. The van der Waals surface area contributed by atoms with Gasteiger partial charge >= 0.3 is 0 Å². The largest absolute Gasteiger partial charge is 0.760 e. The van der Waals surface area contributed by atoms with Crippen molar-refractivity contribution >= 4 is 17.1 Å². The molecule has 0 amide bonds. The van der Waals surface area contributed by atoms with Crippen LogP contribution in [0.1, 0.15) is 13.3 Å². The van der Waals surface area contributed by atoms with Crippen molar-refractivity contribution in [2.75, 3.05) is 13.1 Å². The number of rotatable bonds is 3. The molecule has 1 heterocycles. The maximum Gasteiger partial charge on any atom is 0.123 e. The minimum absolute atomic E-state index is 0.123. The molecule has 0 saturated carbocycles. The summed E-state index contributed by atoms with van der Waals surface area (Å²) in [7, 11) is 0. The summed E-state index contributed by atoms with van der Waals surface area (Å²) in [6, 6.07) is -0.123. The Hall–Kier alpha value is -0.500. The molecule has 0 radical (unpaired) electrons. The van der Waals surface area contributed by atoms with E-state index < -0.39 is 17.4 Å². The van der Waals surface area contributed by atoms with E-state index in [1.54, 1.807) is 0 Å². The Bertz CT molecular complexity index is 257. The smallest absolute Gasteiger partial charge is 0.123 e. The average molecular weight is 220 g/mol. The lowest BCUT2D eigenvalue weighted by Crippen LogP contribution is -2.29. The second kappa shape index (κ2) is 4.83. The van der Waals surface area contributed by atoms with Crippen molar-refractivity contribution in [2.24, 2.45) is 10.7 Å². The lowest BCUT2D eigenvalue weighted by molar-refractivity contribution is 0.260. The monoisotopic (exact) mass is 220 g/mol. The maximum absolute atomic E-state index is 10.6. The summed E-state index contributed by atoms with van der Waals surface area (Å²) in [5.74, 6) is 0.161. The Morgan fingerprint density at radius 3 is 2.93 bits per heavy atom. The highest BCUT2D eigenvalue weighted by atomic mass is 32.2. The highest BCUT2D eigenvalue weighted by Crippen LogP contribution is 2.13. The fraction of sp³-hybridized carbons (Fsp3) is 0.857. The molecule has 0 spiro atoms.